The van der Waals surface area contributed by atoms with Crippen molar-refractivity contribution in [2.45, 2.75) is 58.9 Å². The van der Waals surface area contributed by atoms with Gasteiger partial charge in [-0.25, -0.2) is 0 Å². The number of hydrogen-bond acceptors (Lipinski definition) is 3. The molecule has 0 radical (unpaired) electrons. The number of furan rings is 1. The Balaban J connectivity index is 2.11. The van der Waals surface area contributed by atoms with E-state index in [1.165, 1.54) is 0 Å². The normalized spacial score (nSPS) is 16.8. The van der Waals surface area contributed by atoms with Crippen LogP contribution >= 0.6 is 0 Å². The summed E-state index contributed by atoms with van der Waals surface area (Å²) < 4.78 is 5.47. The molecule has 1 aromatic rings. The Morgan fingerprint density at radius 3 is 2.41 bits per heavy atom. The fraction of sp³-hybridized carbons (Fsp3) is 0.647. The summed E-state index contributed by atoms with van der Waals surface area (Å²) in [5, 5.41) is 5.88. The van der Waals surface area contributed by atoms with E-state index in [2.05, 4.69) is 24.5 Å². The molecule has 0 aliphatic heterocycles. The van der Waals surface area contributed by atoms with Crippen LogP contribution in [-0.4, -0.2) is 23.9 Å². The largest absolute Gasteiger partial charge is 0.456 e. The van der Waals surface area contributed by atoms with Crippen LogP contribution in [0.4, 0.5) is 0 Å². The molecule has 122 valence electrons. The van der Waals surface area contributed by atoms with Gasteiger partial charge in [-0.1, -0.05) is 26.7 Å². The molecule has 0 aromatic carbocycles. The number of carbonyl (C=O) groups excluding carboxylic acids is 2. The quantitative estimate of drug-likeness (QED) is 0.878. The highest BCUT2D eigenvalue weighted by Crippen LogP contribution is 2.30. The molecular weight excluding hydrogens is 280 g/mol. The highest BCUT2D eigenvalue weighted by Gasteiger charge is 2.42. The summed E-state index contributed by atoms with van der Waals surface area (Å²) >= 11 is 0. The molecule has 2 rings (SSSR count). The molecule has 1 saturated carbocycles. The van der Waals surface area contributed by atoms with Gasteiger partial charge in [0.15, 0.2) is 5.76 Å². The van der Waals surface area contributed by atoms with E-state index < -0.39 is 5.54 Å². The highest BCUT2D eigenvalue weighted by molar-refractivity contribution is 5.98. The van der Waals surface area contributed by atoms with Crippen LogP contribution in [-0.2, 0) is 4.79 Å². The van der Waals surface area contributed by atoms with Crippen molar-refractivity contribution in [3.05, 3.63) is 23.2 Å². The minimum atomic E-state index is -0.791. The van der Waals surface area contributed by atoms with Crippen molar-refractivity contribution in [1.29, 1.82) is 0 Å². The molecule has 5 heteroatoms. The molecule has 22 heavy (non-hydrogen) atoms. The Hall–Kier alpha value is -1.78. The van der Waals surface area contributed by atoms with E-state index in [4.69, 9.17) is 4.42 Å². The summed E-state index contributed by atoms with van der Waals surface area (Å²) in [5.74, 6) is 1.01. The summed E-state index contributed by atoms with van der Waals surface area (Å²) in [6.07, 6.45) is 3.26. The minimum absolute atomic E-state index is 0.0768. The predicted molar refractivity (Wildman–Crippen MR) is 84.7 cm³/mol. The first-order chi connectivity index (χ1) is 10.3. The molecule has 5 nitrogen and oxygen atoms in total. The van der Waals surface area contributed by atoms with E-state index in [1.807, 2.05) is 13.8 Å². The molecule has 1 aliphatic rings. The standard InChI is InChI=1S/C17H26N2O3/c1-11(2)10-18-16(21)17(7-5-6-8-17)19-15(20)14-9-12(3)13(4)22-14/h9,11H,5-8,10H2,1-4H3,(H,18,21)(H,19,20). The van der Waals surface area contributed by atoms with E-state index in [1.54, 1.807) is 6.07 Å². The Morgan fingerprint density at radius 1 is 1.27 bits per heavy atom. The molecule has 1 fully saturated rings. The average molecular weight is 306 g/mol. The van der Waals surface area contributed by atoms with Crippen LogP contribution in [0.5, 0.6) is 0 Å². The number of amides is 2. The second kappa shape index (κ2) is 6.55. The second-order valence-electron chi connectivity index (χ2n) is 6.70. The molecule has 2 amide bonds. The third-order valence-corrected chi connectivity index (χ3v) is 4.31. The molecule has 1 aromatic heterocycles. The molecule has 0 saturated heterocycles. The van der Waals surface area contributed by atoms with Gasteiger partial charge >= 0.3 is 0 Å². The lowest BCUT2D eigenvalue weighted by Crippen LogP contribution is -2.57. The Bertz CT molecular complexity index is 535. The van der Waals surface area contributed by atoms with Gasteiger partial charge in [0, 0.05) is 6.54 Å². The van der Waals surface area contributed by atoms with Gasteiger partial charge < -0.3 is 15.1 Å². The maximum Gasteiger partial charge on any atom is 0.287 e. The van der Waals surface area contributed by atoms with E-state index in [0.717, 1.165) is 24.2 Å². The Kier molecular flexibility index (Phi) is 4.94. The average Bonchev–Trinajstić information content (AvgIpc) is 3.05. The summed E-state index contributed by atoms with van der Waals surface area (Å²) in [4.78, 5) is 25.0. The van der Waals surface area contributed by atoms with E-state index >= 15 is 0 Å². The number of carbonyl (C=O) groups is 2. The van der Waals surface area contributed by atoms with Crippen LogP contribution in [0.1, 0.15) is 61.4 Å². The van der Waals surface area contributed by atoms with Gasteiger partial charge in [-0.15, -0.1) is 0 Å². The lowest BCUT2D eigenvalue weighted by molar-refractivity contribution is -0.127. The maximum absolute atomic E-state index is 12.6. The SMILES string of the molecule is Cc1cc(C(=O)NC2(C(=O)NCC(C)C)CCCC2)oc1C. The zero-order chi connectivity index (χ0) is 16.3. The summed E-state index contributed by atoms with van der Waals surface area (Å²) in [6, 6.07) is 1.72. The molecule has 0 spiro atoms. The molecule has 2 N–H and O–H groups in total. The molecule has 0 unspecified atom stereocenters. The van der Waals surface area contributed by atoms with Crippen molar-refractivity contribution in [2.75, 3.05) is 6.54 Å². The zero-order valence-electron chi connectivity index (χ0n) is 13.9. The van der Waals surface area contributed by atoms with Crippen molar-refractivity contribution in [3.63, 3.8) is 0 Å². The monoisotopic (exact) mass is 306 g/mol. The van der Waals surface area contributed by atoms with E-state index in [-0.39, 0.29) is 17.6 Å². The van der Waals surface area contributed by atoms with Gasteiger partial charge in [0.1, 0.15) is 11.3 Å². The van der Waals surface area contributed by atoms with Crippen LogP contribution < -0.4 is 10.6 Å². The highest BCUT2D eigenvalue weighted by atomic mass is 16.3. The van der Waals surface area contributed by atoms with Crippen molar-refractivity contribution >= 4 is 11.8 Å². The summed E-state index contributed by atoms with van der Waals surface area (Å²) in [5.41, 5.74) is 0.149. The first kappa shape index (κ1) is 16.6. The third kappa shape index (κ3) is 3.51. The van der Waals surface area contributed by atoms with Crippen LogP contribution in [0.2, 0.25) is 0 Å². The van der Waals surface area contributed by atoms with E-state index in [0.29, 0.717) is 25.3 Å². The van der Waals surface area contributed by atoms with Gasteiger partial charge in [-0.3, -0.25) is 9.59 Å². The molecule has 0 bridgehead atoms. The first-order valence-corrected chi connectivity index (χ1v) is 8.02. The number of hydrogen-bond donors (Lipinski definition) is 2. The topological polar surface area (TPSA) is 71.3 Å². The molecule has 0 atom stereocenters. The second-order valence-corrected chi connectivity index (χ2v) is 6.70. The van der Waals surface area contributed by atoms with Gasteiger partial charge in [0.05, 0.1) is 0 Å². The predicted octanol–water partition coefficient (Wildman–Crippen LogP) is 2.71. The van der Waals surface area contributed by atoms with Crippen LogP contribution in [0.3, 0.4) is 0 Å². The summed E-state index contributed by atoms with van der Waals surface area (Å²) in [7, 11) is 0. The third-order valence-electron chi connectivity index (χ3n) is 4.31. The van der Waals surface area contributed by atoms with Crippen LogP contribution in [0, 0.1) is 19.8 Å². The van der Waals surface area contributed by atoms with Gasteiger partial charge in [0.2, 0.25) is 5.91 Å². The maximum atomic E-state index is 12.6. The van der Waals surface area contributed by atoms with Gasteiger partial charge in [-0.05, 0) is 44.2 Å². The van der Waals surface area contributed by atoms with Crippen molar-refractivity contribution in [2.24, 2.45) is 5.92 Å². The lowest BCUT2D eigenvalue weighted by atomic mass is 9.95. The number of nitrogens with one attached hydrogen (secondary N) is 2. The van der Waals surface area contributed by atoms with Crippen LogP contribution in [0.15, 0.2) is 10.5 Å². The Labute approximate surface area is 131 Å². The fourth-order valence-corrected chi connectivity index (χ4v) is 2.82. The molecule has 1 aliphatic carbocycles. The van der Waals surface area contributed by atoms with Gasteiger partial charge in [0.25, 0.3) is 5.91 Å². The van der Waals surface area contributed by atoms with Crippen molar-refractivity contribution in [1.82, 2.24) is 10.6 Å². The van der Waals surface area contributed by atoms with Crippen molar-refractivity contribution in [3.8, 4) is 0 Å². The first-order valence-electron chi connectivity index (χ1n) is 8.02. The summed E-state index contributed by atoms with van der Waals surface area (Å²) in [6.45, 7) is 8.45. The lowest BCUT2D eigenvalue weighted by Gasteiger charge is -2.29. The van der Waals surface area contributed by atoms with Gasteiger partial charge in [-0.2, -0.15) is 0 Å². The van der Waals surface area contributed by atoms with E-state index in [9.17, 15) is 9.59 Å². The zero-order valence-corrected chi connectivity index (χ0v) is 13.9. The minimum Gasteiger partial charge on any atom is -0.456 e. The fourth-order valence-electron chi connectivity index (χ4n) is 2.82. The number of aryl methyl sites for hydroxylation is 2. The Morgan fingerprint density at radius 2 is 1.91 bits per heavy atom. The van der Waals surface area contributed by atoms with Crippen molar-refractivity contribution < 1.29 is 14.0 Å². The smallest absolute Gasteiger partial charge is 0.287 e. The molecular formula is C17H26N2O3. The number of rotatable bonds is 5. The van der Waals surface area contributed by atoms with Crippen LogP contribution in [0.25, 0.3) is 0 Å². The molecule has 1 heterocycles.